The maximum atomic E-state index is 12.8. The zero-order valence-corrected chi connectivity index (χ0v) is 17.7. The van der Waals surface area contributed by atoms with Gasteiger partial charge >= 0.3 is 0 Å². The highest BCUT2D eigenvalue weighted by Crippen LogP contribution is 2.34. The van der Waals surface area contributed by atoms with Gasteiger partial charge in [-0.25, -0.2) is 0 Å². The molecule has 1 aromatic heterocycles. The van der Waals surface area contributed by atoms with Crippen LogP contribution in [0.1, 0.15) is 28.9 Å². The maximum Gasteiger partial charge on any atom is 0.284 e. The van der Waals surface area contributed by atoms with Crippen LogP contribution in [0.5, 0.6) is 0 Å². The summed E-state index contributed by atoms with van der Waals surface area (Å²) in [6.07, 6.45) is 1.52. The molecule has 0 saturated heterocycles. The molecule has 0 spiro atoms. The summed E-state index contributed by atoms with van der Waals surface area (Å²) in [6, 6.07) is 18.2. The van der Waals surface area contributed by atoms with Crippen LogP contribution in [-0.4, -0.2) is 25.6 Å². The Balaban J connectivity index is 1.55. The summed E-state index contributed by atoms with van der Waals surface area (Å²) in [5.74, 6) is -0.376. The number of rotatable bonds is 6. The molecule has 4 aromatic rings. The normalized spacial score (nSPS) is 11.9. The van der Waals surface area contributed by atoms with E-state index >= 15 is 0 Å². The Hall–Kier alpha value is -3.72. The lowest BCUT2D eigenvalue weighted by Gasteiger charge is -2.15. The van der Waals surface area contributed by atoms with Crippen LogP contribution in [0.3, 0.4) is 0 Å². The number of aromatic nitrogens is 3. The minimum absolute atomic E-state index is 0.154. The van der Waals surface area contributed by atoms with Gasteiger partial charge in [0.2, 0.25) is 0 Å². The van der Waals surface area contributed by atoms with Gasteiger partial charge in [-0.1, -0.05) is 36.4 Å². The van der Waals surface area contributed by atoms with Crippen LogP contribution in [0.25, 0.3) is 10.8 Å². The molecule has 0 aliphatic rings. The van der Waals surface area contributed by atoms with Crippen LogP contribution >= 0.6 is 11.8 Å². The Labute approximate surface area is 182 Å². The summed E-state index contributed by atoms with van der Waals surface area (Å²) < 4.78 is 1.67. The minimum Gasteiger partial charge on any atom is -0.346 e. The van der Waals surface area contributed by atoms with Gasteiger partial charge in [-0.15, -0.1) is 10.2 Å². The van der Waals surface area contributed by atoms with E-state index in [1.54, 1.807) is 23.7 Å². The third kappa shape index (κ3) is 4.41. The van der Waals surface area contributed by atoms with Crippen LogP contribution < -0.4 is 5.32 Å². The minimum atomic E-state index is -0.498. The maximum absolute atomic E-state index is 12.8. The largest absolute Gasteiger partial charge is 0.346 e. The Morgan fingerprint density at radius 1 is 1.13 bits per heavy atom. The Kier molecular flexibility index (Phi) is 5.68. The number of nitrogens with one attached hydrogen (secondary N) is 1. The van der Waals surface area contributed by atoms with Crippen LogP contribution in [0.15, 0.2) is 77.0 Å². The first-order valence-electron chi connectivity index (χ1n) is 9.52. The fourth-order valence-corrected chi connectivity index (χ4v) is 4.04. The lowest BCUT2D eigenvalue weighted by molar-refractivity contribution is -0.387. The van der Waals surface area contributed by atoms with Crippen molar-refractivity contribution in [2.45, 2.75) is 23.0 Å². The van der Waals surface area contributed by atoms with Crippen LogP contribution in [0, 0.1) is 10.1 Å². The second-order valence-corrected chi connectivity index (χ2v) is 8.08. The number of nitro groups is 1. The number of nitro benzene ring substituents is 1. The van der Waals surface area contributed by atoms with Crippen molar-refractivity contribution in [1.82, 2.24) is 20.1 Å². The highest BCUT2D eigenvalue weighted by atomic mass is 32.2. The molecule has 1 atom stereocenters. The molecule has 156 valence electrons. The van der Waals surface area contributed by atoms with Crippen molar-refractivity contribution in [2.75, 3.05) is 0 Å². The average molecular weight is 433 g/mol. The standard InChI is InChI=1S/C22H19N5O3S/c1-14(16-8-7-15-5-3-4-6-17(15)11-16)24-21(28)18-9-10-20(19(12-18)27(29)30)31-22-25-23-13-26(22)2/h3-14H,1-2H3,(H,24,28). The number of fused-ring (bicyclic) bond motifs is 1. The fraction of sp³-hybridized carbons (Fsp3) is 0.136. The molecule has 8 nitrogen and oxygen atoms in total. The van der Waals surface area contributed by atoms with E-state index in [4.69, 9.17) is 0 Å². The molecular formula is C22H19N5O3S. The van der Waals surface area contributed by atoms with E-state index < -0.39 is 4.92 Å². The number of amides is 1. The van der Waals surface area contributed by atoms with Crippen molar-refractivity contribution in [3.05, 3.63) is 88.2 Å². The lowest BCUT2D eigenvalue weighted by Crippen LogP contribution is -2.26. The van der Waals surface area contributed by atoms with E-state index in [0.717, 1.165) is 28.1 Å². The summed E-state index contributed by atoms with van der Waals surface area (Å²) in [5, 5.41) is 25.0. The van der Waals surface area contributed by atoms with Crippen LogP contribution in [0.2, 0.25) is 0 Å². The number of benzene rings is 3. The predicted octanol–water partition coefficient (Wildman–Crippen LogP) is 4.52. The second-order valence-electron chi connectivity index (χ2n) is 7.07. The van der Waals surface area contributed by atoms with Gasteiger partial charge in [-0.3, -0.25) is 14.9 Å². The van der Waals surface area contributed by atoms with Crippen molar-refractivity contribution in [3.8, 4) is 0 Å². The molecule has 4 rings (SSSR count). The van der Waals surface area contributed by atoms with Crippen molar-refractivity contribution >= 4 is 34.1 Å². The van der Waals surface area contributed by atoms with Crippen LogP contribution in [0.4, 0.5) is 5.69 Å². The summed E-state index contributed by atoms with van der Waals surface area (Å²) in [6.45, 7) is 1.88. The van der Waals surface area contributed by atoms with Gasteiger partial charge in [0.05, 0.1) is 15.9 Å². The number of aryl methyl sites for hydroxylation is 1. The lowest BCUT2D eigenvalue weighted by atomic mass is 10.0. The van der Waals surface area contributed by atoms with Gasteiger partial charge in [-0.2, -0.15) is 0 Å². The van der Waals surface area contributed by atoms with Gasteiger partial charge in [-0.05, 0) is 53.2 Å². The molecule has 1 unspecified atom stereocenters. The van der Waals surface area contributed by atoms with Crippen molar-refractivity contribution in [2.24, 2.45) is 7.05 Å². The SMILES string of the molecule is CC(NC(=O)c1ccc(Sc2nncn2C)c([N+](=O)[O-])c1)c1ccc2ccccc2c1. The second kappa shape index (κ2) is 8.57. The zero-order chi connectivity index (χ0) is 22.0. The third-order valence-corrected chi connectivity index (χ3v) is 6.03. The molecule has 1 amide bonds. The summed E-state index contributed by atoms with van der Waals surface area (Å²) in [7, 11) is 1.75. The molecule has 0 aliphatic carbocycles. The van der Waals surface area contributed by atoms with E-state index in [1.165, 1.54) is 12.4 Å². The van der Waals surface area contributed by atoms with E-state index in [1.807, 2.05) is 49.4 Å². The Morgan fingerprint density at radius 3 is 2.61 bits per heavy atom. The molecule has 3 aromatic carbocycles. The first-order valence-corrected chi connectivity index (χ1v) is 10.3. The number of carbonyl (C=O) groups excluding carboxylic acids is 1. The summed E-state index contributed by atoms with van der Waals surface area (Å²) in [5.41, 5.74) is 1.02. The smallest absolute Gasteiger partial charge is 0.284 e. The molecule has 9 heteroatoms. The van der Waals surface area contributed by atoms with Crippen molar-refractivity contribution in [1.29, 1.82) is 0 Å². The van der Waals surface area contributed by atoms with Gasteiger partial charge in [0.15, 0.2) is 5.16 Å². The Morgan fingerprint density at radius 2 is 1.90 bits per heavy atom. The van der Waals surface area contributed by atoms with E-state index in [0.29, 0.717) is 10.1 Å². The molecule has 0 aliphatic heterocycles. The number of hydrogen-bond donors (Lipinski definition) is 1. The van der Waals surface area contributed by atoms with Crippen LogP contribution in [-0.2, 0) is 7.05 Å². The van der Waals surface area contributed by atoms with Crippen molar-refractivity contribution < 1.29 is 9.72 Å². The first kappa shape index (κ1) is 20.5. The molecule has 0 radical (unpaired) electrons. The van der Waals surface area contributed by atoms with E-state index in [2.05, 4.69) is 15.5 Å². The predicted molar refractivity (Wildman–Crippen MR) is 118 cm³/mol. The van der Waals surface area contributed by atoms with Gasteiger partial charge in [0.1, 0.15) is 6.33 Å². The molecular weight excluding hydrogens is 414 g/mol. The molecule has 0 bridgehead atoms. The zero-order valence-electron chi connectivity index (χ0n) is 16.9. The van der Waals surface area contributed by atoms with Gasteiger partial charge in [0.25, 0.3) is 11.6 Å². The Bertz CT molecular complexity index is 1290. The fourth-order valence-electron chi connectivity index (χ4n) is 3.19. The van der Waals surface area contributed by atoms with E-state index in [9.17, 15) is 14.9 Å². The molecule has 0 saturated carbocycles. The number of nitrogens with zero attached hydrogens (tertiary/aromatic N) is 4. The summed E-state index contributed by atoms with van der Waals surface area (Å²) in [4.78, 5) is 24.3. The van der Waals surface area contributed by atoms with Crippen molar-refractivity contribution in [3.63, 3.8) is 0 Å². The summed E-state index contributed by atoms with van der Waals surface area (Å²) >= 11 is 1.12. The molecule has 0 fully saturated rings. The topological polar surface area (TPSA) is 103 Å². The monoisotopic (exact) mass is 433 g/mol. The molecule has 1 heterocycles. The number of hydrogen-bond acceptors (Lipinski definition) is 6. The average Bonchev–Trinajstić information content (AvgIpc) is 3.17. The molecule has 1 N–H and O–H groups in total. The quantitative estimate of drug-likeness (QED) is 0.354. The van der Waals surface area contributed by atoms with E-state index in [-0.39, 0.29) is 23.2 Å². The first-order chi connectivity index (χ1) is 14.9. The van der Waals surface area contributed by atoms with Gasteiger partial charge < -0.3 is 9.88 Å². The number of carbonyl (C=O) groups is 1. The highest BCUT2D eigenvalue weighted by Gasteiger charge is 2.21. The third-order valence-electron chi connectivity index (χ3n) is 4.91. The van der Waals surface area contributed by atoms with Gasteiger partial charge in [0, 0.05) is 18.7 Å². The molecule has 31 heavy (non-hydrogen) atoms. The highest BCUT2D eigenvalue weighted by molar-refractivity contribution is 7.99.